The number of nitriles is 1. The summed E-state index contributed by atoms with van der Waals surface area (Å²) in [5.74, 6) is 1.54. The van der Waals surface area contributed by atoms with E-state index < -0.39 is 0 Å². The van der Waals surface area contributed by atoms with E-state index in [0.29, 0.717) is 29.6 Å². The van der Waals surface area contributed by atoms with E-state index in [1.807, 2.05) is 6.07 Å². The molecule has 1 fully saturated rings. The molecule has 1 N–H and O–H groups in total. The highest BCUT2D eigenvalue weighted by Gasteiger charge is 2.20. The van der Waals surface area contributed by atoms with Crippen molar-refractivity contribution in [3.05, 3.63) is 23.8 Å². The Kier molecular flexibility index (Phi) is 7.08. The number of rotatable bonds is 7. The number of methoxy groups -OCH3 is 1. The van der Waals surface area contributed by atoms with Crippen LogP contribution >= 0.6 is 0 Å². The van der Waals surface area contributed by atoms with Gasteiger partial charge >= 0.3 is 0 Å². The molecular weight excluding hydrogens is 318 g/mol. The number of likely N-dealkylation sites (tertiary alicyclic amines) is 1. The highest BCUT2D eigenvalue weighted by Crippen LogP contribution is 2.27. The first-order chi connectivity index (χ1) is 12.0. The summed E-state index contributed by atoms with van der Waals surface area (Å²) < 4.78 is 10.7. The molecule has 0 aliphatic carbocycles. The van der Waals surface area contributed by atoms with Crippen LogP contribution in [0.3, 0.4) is 0 Å². The van der Waals surface area contributed by atoms with E-state index in [2.05, 4.69) is 24.1 Å². The van der Waals surface area contributed by atoms with Crippen LogP contribution in [0.25, 0.3) is 0 Å². The fourth-order valence-electron chi connectivity index (χ4n) is 2.91. The smallest absolute Gasteiger partial charge is 0.257 e. The summed E-state index contributed by atoms with van der Waals surface area (Å²) in [4.78, 5) is 14.5. The third-order valence-corrected chi connectivity index (χ3v) is 4.69. The van der Waals surface area contributed by atoms with Crippen LogP contribution in [0.2, 0.25) is 0 Å². The topological polar surface area (TPSA) is 74.6 Å². The van der Waals surface area contributed by atoms with E-state index in [1.165, 1.54) is 20.0 Å². The Bertz CT molecular complexity index is 619. The van der Waals surface area contributed by atoms with Crippen molar-refractivity contribution in [1.29, 1.82) is 5.26 Å². The minimum Gasteiger partial charge on any atom is -0.493 e. The van der Waals surface area contributed by atoms with Crippen molar-refractivity contribution >= 4 is 5.91 Å². The molecule has 6 nitrogen and oxygen atoms in total. The summed E-state index contributed by atoms with van der Waals surface area (Å²) in [7, 11) is 1.50. The zero-order chi connectivity index (χ0) is 18.2. The molecule has 0 spiro atoms. The molecular formula is C19H27N3O3. The molecule has 6 heteroatoms. The normalized spacial score (nSPS) is 16.7. The second kappa shape index (κ2) is 9.28. The van der Waals surface area contributed by atoms with Gasteiger partial charge in [0, 0.05) is 18.7 Å². The summed E-state index contributed by atoms with van der Waals surface area (Å²) in [6.07, 6.45) is 2.44. The van der Waals surface area contributed by atoms with Crippen LogP contribution in [-0.2, 0) is 4.79 Å². The van der Waals surface area contributed by atoms with Gasteiger partial charge < -0.3 is 14.8 Å². The second-order valence-electron chi connectivity index (χ2n) is 6.64. The Morgan fingerprint density at radius 2 is 2.12 bits per heavy atom. The average Bonchev–Trinajstić information content (AvgIpc) is 2.64. The van der Waals surface area contributed by atoms with Crippen LogP contribution < -0.4 is 14.8 Å². The molecule has 1 aromatic carbocycles. The third-order valence-electron chi connectivity index (χ3n) is 4.69. The van der Waals surface area contributed by atoms with Crippen LogP contribution in [-0.4, -0.2) is 50.2 Å². The van der Waals surface area contributed by atoms with Crippen molar-refractivity contribution < 1.29 is 14.3 Å². The predicted octanol–water partition coefficient (Wildman–Crippen LogP) is 2.18. The first kappa shape index (κ1) is 19.1. The highest BCUT2D eigenvalue weighted by atomic mass is 16.5. The number of carbonyl (C=O) groups is 1. The lowest BCUT2D eigenvalue weighted by atomic mass is 9.98. The highest BCUT2D eigenvalue weighted by molar-refractivity contribution is 5.77. The molecule has 0 saturated carbocycles. The molecule has 0 bridgehead atoms. The number of hydrogen-bond acceptors (Lipinski definition) is 5. The van der Waals surface area contributed by atoms with Crippen molar-refractivity contribution in [3.63, 3.8) is 0 Å². The minimum atomic E-state index is -0.163. The van der Waals surface area contributed by atoms with Gasteiger partial charge in [0.15, 0.2) is 18.1 Å². The Labute approximate surface area is 149 Å². The number of ether oxygens (including phenoxy) is 2. The van der Waals surface area contributed by atoms with Gasteiger partial charge in [-0.2, -0.15) is 5.26 Å². The zero-order valence-electron chi connectivity index (χ0n) is 15.2. The van der Waals surface area contributed by atoms with Crippen LogP contribution in [0.4, 0.5) is 0 Å². The maximum atomic E-state index is 12.0. The van der Waals surface area contributed by atoms with Crippen molar-refractivity contribution in [2.45, 2.75) is 32.7 Å². The summed E-state index contributed by atoms with van der Waals surface area (Å²) in [5.41, 5.74) is 0.485. The van der Waals surface area contributed by atoms with Crippen LogP contribution in [0.5, 0.6) is 11.5 Å². The molecule has 1 saturated heterocycles. The monoisotopic (exact) mass is 345 g/mol. The van der Waals surface area contributed by atoms with E-state index in [0.717, 1.165) is 19.0 Å². The lowest BCUT2D eigenvalue weighted by Gasteiger charge is -2.35. The molecule has 1 aliphatic rings. The summed E-state index contributed by atoms with van der Waals surface area (Å²) in [6.45, 7) is 7.15. The van der Waals surface area contributed by atoms with Crippen LogP contribution in [0, 0.1) is 17.2 Å². The molecule has 2 rings (SSSR count). The summed E-state index contributed by atoms with van der Waals surface area (Å²) in [5, 5.41) is 11.8. The number of benzene rings is 1. The fraction of sp³-hybridized carbons (Fsp3) is 0.579. The van der Waals surface area contributed by atoms with E-state index in [1.54, 1.807) is 18.2 Å². The standard InChI is InChI=1S/C19H27N3O3/c1-14-6-8-22(9-7-14)15(2)12-21-19(23)13-25-17-5-4-16(11-20)10-18(17)24-3/h4-5,10,14-15H,6-9,12-13H2,1-3H3,(H,21,23). The molecule has 1 amide bonds. The maximum absolute atomic E-state index is 12.0. The molecule has 0 radical (unpaired) electrons. The predicted molar refractivity (Wildman–Crippen MR) is 95.6 cm³/mol. The first-order valence-corrected chi connectivity index (χ1v) is 8.75. The minimum absolute atomic E-state index is 0.0774. The molecule has 1 aliphatic heterocycles. The Morgan fingerprint density at radius 1 is 1.40 bits per heavy atom. The van der Waals surface area contributed by atoms with E-state index in [9.17, 15) is 4.79 Å². The SMILES string of the molecule is COc1cc(C#N)ccc1OCC(=O)NCC(C)N1CCC(C)CC1. The van der Waals surface area contributed by atoms with Crippen molar-refractivity contribution in [2.75, 3.05) is 33.4 Å². The lowest BCUT2D eigenvalue weighted by Crippen LogP contribution is -2.46. The average molecular weight is 345 g/mol. The maximum Gasteiger partial charge on any atom is 0.257 e. The van der Waals surface area contributed by atoms with Gasteiger partial charge in [-0.3, -0.25) is 9.69 Å². The van der Waals surface area contributed by atoms with E-state index >= 15 is 0 Å². The van der Waals surface area contributed by atoms with Gasteiger partial charge in [0.1, 0.15) is 0 Å². The van der Waals surface area contributed by atoms with Crippen molar-refractivity contribution in [3.8, 4) is 17.6 Å². The van der Waals surface area contributed by atoms with Crippen LogP contribution in [0.1, 0.15) is 32.3 Å². The van der Waals surface area contributed by atoms with Crippen molar-refractivity contribution in [1.82, 2.24) is 10.2 Å². The number of amides is 1. The van der Waals surface area contributed by atoms with E-state index in [-0.39, 0.29) is 12.5 Å². The molecule has 1 heterocycles. The molecule has 136 valence electrons. The number of nitrogens with zero attached hydrogens (tertiary/aromatic N) is 2. The Hall–Kier alpha value is -2.26. The third kappa shape index (κ3) is 5.64. The largest absolute Gasteiger partial charge is 0.493 e. The summed E-state index contributed by atoms with van der Waals surface area (Å²) in [6, 6.07) is 7.23. The second-order valence-corrected chi connectivity index (χ2v) is 6.64. The molecule has 1 atom stereocenters. The number of piperidine rings is 1. The Balaban J connectivity index is 1.76. The van der Waals surface area contributed by atoms with E-state index in [4.69, 9.17) is 14.7 Å². The zero-order valence-corrected chi connectivity index (χ0v) is 15.2. The summed E-state index contributed by atoms with van der Waals surface area (Å²) >= 11 is 0. The van der Waals surface area contributed by atoms with Gasteiger partial charge in [-0.25, -0.2) is 0 Å². The number of carbonyl (C=O) groups excluding carboxylic acids is 1. The van der Waals surface area contributed by atoms with Gasteiger partial charge in [-0.05, 0) is 50.9 Å². The Morgan fingerprint density at radius 3 is 2.76 bits per heavy atom. The molecule has 0 aromatic heterocycles. The van der Waals surface area contributed by atoms with Gasteiger partial charge in [0.05, 0.1) is 18.7 Å². The molecule has 1 unspecified atom stereocenters. The number of nitrogens with one attached hydrogen (secondary N) is 1. The van der Waals surface area contributed by atoms with Gasteiger partial charge in [-0.1, -0.05) is 6.92 Å². The van der Waals surface area contributed by atoms with Gasteiger partial charge in [0.25, 0.3) is 5.91 Å². The molecule has 25 heavy (non-hydrogen) atoms. The van der Waals surface area contributed by atoms with Crippen molar-refractivity contribution in [2.24, 2.45) is 5.92 Å². The fourth-order valence-corrected chi connectivity index (χ4v) is 2.91. The first-order valence-electron chi connectivity index (χ1n) is 8.75. The number of hydrogen-bond donors (Lipinski definition) is 1. The lowest BCUT2D eigenvalue weighted by molar-refractivity contribution is -0.123. The quantitative estimate of drug-likeness (QED) is 0.820. The molecule has 1 aromatic rings. The van der Waals surface area contributed by atoms with Gasteiger partial charge in [0.2, 0.25) is 0 Å². The van der Waals surface area contributed by atoms with Crippen LogP contribution in [0.15, 0.2) is 18.2 Å². The van der Waals surface area contributed by atoms with Gasteiger partial charge in [-0.15, -0.1) is 0 Å².